The smallest absolute Gasteiger partial charge is 0.0672 e. The minimum atomic E-state index is 0.164. The Kier molecular flexibility index (Phi) is 4.92. The van der Waals surface area contributed by atoms with E-state index in [1.807, 2.05) is 0 Å². The van der Waals surface area contributed by atoms with Crippen LogP contribution in [-0.4, -0.2) is 24.0 Å². The lowest BCUT2D eigenvalue weighted by atomic mass is 9.98. The lowest BCUT2D eigenvalue weighted by Gasteiger charge is -2.30. The number of hydrogen-bond donors (Lipinski definition) is 0. The fourth-order valence-electron chi connectivity index (χ4n) is 1.29. The van der Waals surface area contributed by atoms with Crippen molar-refractivity contribution in [1.29, 1.82) is 5.26 Å². The minimum absolute atomic E-state index is 0.164. The average Bonchev–Trinajstić information content (AvgIpc) is 2.05. The van der Waals surface area contributed by atoms with Gasteiger partial charge in [0.25, 0.3) is 0 Å². The van der Waals surface area contributed by atoms with Gasteiger partial charge in [-0.25, -0.2) is 0 Å². The molecule has 0 aromatic rings. The van der Waals surface area contributed by atoms with Gasteiger partial charge >= 0.3 is 0 Å². The molecule has 0 heterocycles. The van der Waals surface area contributed by atoms with Crippen LogP contribution in [0.3, 0.4) is 0 Å². The van der Waals surface area contributed by atoms with E-state index in [9.17, 15) is 0 Å². The quantitative estimate of drug-likeness (QED) is 0.644. The van der Waals surface area contributed by atoms with Crippen molar-refractivity contribution in [1.82, 2.24) is 4.90 Å². The highest BCUT2D eigenvalue weighted by Gasteiger charge is 2.20. The fraction of sp³-hybridized carbons (Fsp3) is 0.900. The zero-order chi connectivity index (χ0) is 9.72. The second kappa shape index (κ2) is 5.16. The van der Waals surface area contributed by atoms with Crippen molar-refractivity contribution in [3.8, 4) is 6.07 Å². The third kappa shape index (κ3) is 2.83. The van der Waals surface area contributed by atoms with Crippen LogP contribution in [0.15, 0.2) is 0 Å². The molecule has 2 nitrogen and oxygen atoms in total. The Labute approximate surface area is 76.2 Å². The van der Waals surface area contributed by atoms with Crippen molar-refractivity contribution < 1.29 is 0 Å². The molecule has 12 heavy (non-hydrogen) atoms. The first-order valence-electron chi connectivity index (χ1n) is 4.66. The van der Waals surface area contributed by atoms with E-state index in [2.05, 4.69) is 45.7 Å². The van der Waals surface area contributed by atoms with Crippen LogP contribution in [0.1, 0.15) is 34.1 Å². The summed E-state index contributed by atoms with van der Waals surface area (Å²) < 4.78 is 0. The predicted octanol–water partition coefficient (Wildman–Crippen LogP) is 2.26. The Morgan fingerprint density at radius 1 is 1.33 bits per heavy atom. The number of rotatable bonds is 4. The van der Waals surface area contributed by atoms with Gasteiger partial charge in [0.05, 0.1) is 12.0 Å². The van der Waals surface area contributed by atoms with Crippen molar-refractivity contribution in [3.63, 3.8) is 0 Å². The molecule has 0 amide bonds. The first kappa shape index (κ1) is 11.4. The van der Waals surface area contributed by atoms with Gasteiger partial charge in [0.1, 0.15) is 0 Å². The topological polar surface area (TPSA) is 27.0 Å². The molecule has 0 aliphatic heterocycles. The molecule has 0 radical (unpaired) electrons. The van der Waals surface area contributed by atoms with E-state index < -0.39 is 0 Å². The number of hydrogen-bond acceptors (Lipinski definition) is 2. The highest BCUT2D eigenvalue weighted by atomic mass is 15.1. The highest BCUT2D eigenvalue weighted by Crippen LogP contribution is 2.14. The molecule has 0 rings (SSSR count). The normalized spacial score (nSPS) is 16.2. The van der Waals surface area contributed by atoms with E-state index in [-0.39, 0.29) is 5.92 Å². The summed E-state index contributed by atoms with van der Waals surface area (Å²) in [6, 6.07) is 3.22. The first-order valence-corrected chi connectivity index (χ1v) is 4.66. The summed E-state index contributed by atoms with van der Waals surface area (Å²) in [5.41, 5.74) is 0. The summed E-state index contributed by atoms with van der Waals surface area (Å²) in [6.07, 6.45) is 0.939. The van der Waals surface area contributed by atoms with Gasteiger partial charge in [0.15, 0.2) is 0 Å². The summed E-state index contributed by atoms with van der Waals surface area (Å²) in [7, 11) is 2.08. The average molecular weight is 168 g/mol. The van der Waals surface area contributed by atoms with Crippen LogP contribution in [0.2, 0.25) is 0 Å². The minimum Gasteiger partial charge on any atom is -0.300 e. The molecular formula is C10H20N2. The second-order valence-electron chi connectivity index (χ2n) is 3.64. The van der Waals surface area contributed by atoms with Crippen LogP contribution in [0.5, 0.6) is 0 Å². The molecule has 0 saturated carbocycles. The summed E-state index contributed by atoms with van der Waals surface area (Å²) in [5.74, 6) is 0.164. The van der Waals surface area contributed by atoms with E-state index >= 15 is 0 Å². The maximum Gasteiger partial charge on any atom is 0.0672 e. The summed E-state index contributed by atoms with van der Waals surface area (Å²) in [5, 5.41) is 8.85. The van der Waals surface area contributed by atoms with Gasteiger partial charge in [-0.2, -0.15) is 5.26 Å². The highest BCUT2D eigenvalue weighted by molar-refractivity contribution is 4.90. The molecule has 0 N–H and O–H groups in total. The number of nitrogens with zero attached hydrogens (tertiary/aromatic N) is 2. The third-order valence-electron chi connectivity index (χ3n) is 2.64. The molecule has 0 aromatic carbocycles. The molecule has 0 aliphatic carbocycles. The van der Waals surface area contributed by atoms with Gasteiger partial charge < -0.3 is 0 Å². The van der Waals surface area contributed by atoms with E-state index in [0.717, 1.165) is 6.42 Å². The molecule has 0 aliphatic rings. The standard InChI is InChI=1S/C10H20N2/c1-6-10(7-11)9(4)12(5)8(2)3/h8-10H,6H2,1-5H3. The van der Waals surface area contributed by atoms with Crippen LogP contribution < -0.4 is 0 Å². The molecule has 2 atom stereocenters. The van der Waals surface area contributed by atoms with Gasteiger partial charge in [0.2, 0.25) is 0 Å². The molecule has 0 aromatic heterocycles. The van der Waals surface area contributed by atoms with Crippen molar-refractivity contribution in [2.45, 2.75) is 46.2 Å². The van der Waals surface area contributed by atoms with Crippen LogP contribution in [-0.2, 0) is 0 Å². The van der Waals surface area contributed by atoms with Gasteiger partial charge in [0, 0.05) is 12.1 Å². The molecule has 2 unspecified atom stereocenters. The van der Waals surface area contributed by atoms with Crippen molar-refractivity contribution in [3.05, 3.63) is 0 Å². The number of nitriles is 1. The van der Waals surface area contributed by atoms with Crippen LogP contribution in [0, 0.1) is 17.2 Å². The summed E-state index contributed by atoms with van der Waals surface area (Å²) in [6.45, 7) is 8.50. The van der Waals surface area contributed by atoms with E-state index in [1.165, 1.54) is 0 Å². The van der Waals surface area contributed by atoms with E-state index in [4.69, 9.17) is 5.26 Å². The summed E-state index contributed by atoms with van der Waals surface area (Å²) in [4.78, 5) is 2.25. The second-order valence-corrected chi connectivity index (χ2v) is 3.64. The largest absolute Gasteiger partial charge is 0.300 e. The Balaban J connectivity index is 4.17. The lowest BCUT2D eigenvalue weighted by Crippen LogP contribution is -2.39. The molecular weight excluding hydrogens is 148 g/mol. The zero-order valence-corrected chi connectivity index (χ0v) is 8.83. The van der Waals surface area contributed by atoms with Gasteiger partial charge in [-0.15, -0.1) is 0 Å². The fourth-order valence-corrected chi connectivity index (χ4v) is 1.29. The summed E-state index contributed by atoms with van der Waals surface area (Å²) >= 11 is 0. The Bertz CT molecular complexity index is 158. The monoisotopic (exact) mass is 168 g/mol. The molecule has 70 valence electrons. The zero-order valence-electron chi connectivity index (χ0n) is 8.83. The maximum absolute atomic E-state index is 8.85. The predicted molar refractivity (Wildman–Crippen MR) is 51.8 cm³/mol. The van der Waals surface area contributed by atoms with Gasteiger partial charge in [-0.3, -0.25) is 4.90 Å². The Morgan fingerprint density at radius 2 is 1.83 bits per heavy atom. The van der Waals surface area contributed by atoms with Crippen LogP contribution in [0.4, 0.5) is 0 Å². The SMILES string of the molecule is CCC(C#N)C(C)N(C)C(C)C. The van der Waals surface area contributed by atoms with Crippen molar-refractivity contribution in [2.75, 3.05) is 7.05 Å². The van der Waals surface area contributed by atoms with E-state index in [1.54, 1.807) is 0 Å². The first-order chi connectivity index (χ1) is 5.54. The van der Waals surface area contributed by atoms with Crippen molar-refractivity contribution >= 4 is 0 Å². The molecule has 2 heteroatoms. The van der Waals surface area contributed by atoms with Gasteiger partial charge in [-0.1, -0.05) is 6.92 Å². The van der Waals surface area contributed by atoms with Crippen LogP contribution >= 0.6 is 0 Å². The van der Waals surface area contributed by atoms with E-state index in [0.29, 0.717) is 12.1 Å². The molecule has 0 spiro atoms. The van der Waals surface area contributed by atoms with Gasteiger partial charge in [-0.05, 0) is 34.2 Å². The van der Waals surface area contributed by atoms with Crippen LogP contribution in [0.25, 0.3) is 0 Å². The third-order valence-corrected chi connectivity index (χ3v) is 2.64. The Hall–Kier alpha value is -0.550. The molecule has 0 saturated heterocycles. The molecule has 0 fully saturated rings. The maximum atomic E-state index is 8.85. The Morgan fingerprint density at radius 3 is 2.08 bits per heavy atom. The lowest BCUT2D eigenvalue weighted by molar-refractivity contribution is 0.172. The molecule has 0 bridgehead atoms. The van der Waals surface area contributed by atoms with Crippen molar-refractivity contribution in [2.24, 2.45) is 5.92 Å².